The van der Waals surface area contributed by atoms with Gasteiger partial charge in [0.1, 0.15) is 5.75 Å². The van der Waals surface area contributed by atoms with Crippen LogP contribution < -0.4 is 5.32 Å². The molecule has 0 bridgehead atoms. The summed E-state index contributed by atoms with van der Waals surface area (Å²) in [6.45, 7) is 7.46. The molecule has 0 spiro atoms. The van der Waals surface area contributed by atoms with Gasteiger partial charge in [-0.2, -0.15) is 0 Å². The van der Waals surface area contributed by atoms with Crippen LogP contribution in [0.5, 0.6) is 5.75 Å². The maximum absolute atomic E-state index is 9.37. The predicted octanol–water partition coefficient (Wildman–Crippen LogP) is 4.76. The van der Waals surface area contributed by atoms with Gasteiger partial charge >= 0.3 is 0 Å². The number of hydrogen-bond acceptors (Lipinski definition) is 2. The van der Waals surface area contributed by atoms with Crippen LogP contribution in [0, 0.1) is 0 Å². The van der Waals surface area contributed by atoms with Gasteiger partial charge in [-0.25, -0.2) is 0 Å². The van der Waals surface area contributed by atoms with Crippen molar-refractivity contribution >= 4 is 0 Å². The Morgan fingerprint density at radius 2 is 1.48 bits per heavy atom. The number of phenolic OH excluding ortho intramolecular Hbond substituents is 1. The Kier molecular flexibility index (Phi) is 5.40. The van der Waals surface area contributed by atoms with Crippen LogP contribution in [0.2, 0.25) is 0 Å². The minimum absolute atomic E-state index is 0.315. The highest BCUT2D eigenvalue weighted by Crippen LogP contribution is 2.20. The van der Waals surface area contributed by atoms with Crippen LogP contribution >= 0.6 is 0 Å². The Labute approximate surface area is 127 Å². The minimum Gasteiger partial charge on any atom is -0.508 e. The molecule has 2 heteroatoms. The maximum Gasteiger partial charge on any atom is 0.115 e. The van der Waals surface area contributed by atoms with Crippen molar-refractivity contribution < 1.29 is 5.11 Å². The summed E-state index contributed by atoms with van der Waals surface area (Å²) in [6, 6.07) is 16.6. The van der Waals surface area contributed by atoms with Crippen molar-refractivity contribution in [1.29, 1.82) is 0 Å². The second kappa shape index (κ2) is 7.28. The zero-order valence-electron chi connectivity index (χ0n) is 13.1. The second-order valence-electron chi connectivity index (χ2n) is 5.83. The highest BCUT2D eigenvalue weighted by molar-refractivity contribution is 5.28. The van der Waals surface area contributed by atoms with E-state index in [9.17, 15) is 5.11 Å². The van der Waals surface area contributed by atoms with E-state index in [4.69, 9.17) is 0 Å². The van der Waals surface area contributed by atoms with Crippen molar-refractivity contribution in [1.82, 2.24) is 5.32 Å². The first-order valence-electron chi connectivity index (χ1n) is 7.71. The lowest BCUT2D eigenvalue weighted by molar-refractivity contribution is 0.473. The summed E-state index contributed by atoms with van der Waals surface area (Å²) in [6.07, 6.45) is 1.02. The van der Waals surface area contributed by atoms with Crippen LogP contribution in [0.3, 0.4) is 0 Å². The molecule has 21 heavy (non-hydrogen) atoms. The fourth-order valence-electron chi connectivity index (χ4n) is 2.47. The summed E-state index contributed by atoms with van der Waals surface area (Å²) < 4.78 is 0. The Morgan fingerprint density at radius 1 is 0.905 bits per heavy atom. The molecule has 0 aliphatic carbocycles. The molecule has 0 heterocycles. The topological polar surface area (TPSA) is 32.3 Å². The van der Waals surface area contributed by atoms with Gasteiger partial charge in [0.2, 0.25) is 0 Å². The third-order valence-corrected chi connectivity index (χ3v) is 3.90. The van der Waals surface area contributed by atoms with Gasteiger partial charge < -0.3 is 10.4 Å². The number of phenols is 1. The van der Waals surface area contributed by atoms with E-state index < -0.39 is 0 Å². The molecule has 0 amide bonds. The van der Waals surface area contributed by atoms with Crippen LogP contribution in [-0.2, 0) is 6.54 Å². The van der Waals surface area contributed by atoms with E-state index >= 15 is 0 Å². The molecule has 0 saturated carbocycles. The molecule has 1 unspecified atom stereocenters. The molecule has 2 aromatic rings. The number of hydrogen-bond donors (Lipinski definition) is 2. The van der Waals surface area contributed by atoms with Gasteiger partial charge in [0, 0.05) is 12.6 Å². The van der Waals surface area contributed by atoms with Crippen LogP contribution in [0.4, 0.5) is 0 Å². The van der Waals surface area contributed by atoms with Gasteiger partial charge in [-0.3, -0.25) is 0 Å². The molecule has 2 aromatic carbocycles. The highest BCUT2D eigenvalue weighted by atomic mass is 16.3. The fourth-order valence-corrected chi connectivity index (χ4v) is 2.47. The summed E-state index contributed by atoms with van der Waals surface area (Å²) in [4.78, 5) is 0. The lowest BCUT2D eigenvalue weighted by atomic mass is 10.0. The Hall–Kier alpha value is -1.80. The van der Waals surface area contributed by atoms with Crippen LogP contribution in [0.25, 0.3) is 0 Å². The van der Waals surface area contributed by atoms with E-state index in [0.29, 0.717) is 17.7 Å². The molecule has 0 aromatic heterocycles. The molecule has 112 valence electrons. The molecule has 2 nitrogen and oxygen atoms in total. The molecule has 0 saturated heterocycles. The molecule has 0 radical (unpaired) electrons. The summed E-state index contributed by atoms with van der Waals surface area (Å²) >= 11 is 0. The monoisotopic (exact) mass is 283 g/mol. The van der Waals surface area contributed by atoms with E-state index in [1.807, 2.05) is 12.1 Å². The standard InChI is InChI=1S/C19H25NO/c1-4-19(17-9-11-18(21)12-10-17)20-13-15-5-7-16(8-6-15)14(2)3/h5-12,14,19-21H,4,13H2,1-3H3. The third kappa shape index (κ3) is 4.33. The van der Waals surface area contributed by atoms with Gasteiger partial charge in [0.15, 0.2) is 0 Å². The van der Waals surface area contributed by atoms with E-state index in [0.717, 1.165) is 13.0 Å². The Morgan fingerprint density at radius 3 is 2.00 bits per heavy atom. The van der Waals surface area contributed by atoms with Crippen LogP contribution in [-0.4, -0.2) is 5.11 Å². The lowest BCUT2D eigenvalue weighted by Gasteiger charge is -2.18. The molecule has 0 aliphatic heterocycles. The van der Waals surface area contributed by atoms with E-state index in [-0.39, 0.29) is 0 Å². The van der Waals surface area contributed by atoms with Gasteiger partial charge in [-0.05, 0) is 41.2 Å². The van der Waals surface area contributed by atoms with Crippen molar-refractivity contribution in [2.24, 2.45) is 0 Å². The highest BCUT2D eigenvalue weighted by Gasteiger charge is 2.08. The van der Waals surface area contributed by atoms with Crippen molar-refractivity contribution in [3.8, 4) is 5.75 Å². The molecular weight excluding hydrogens is 258 g/mol. The quantitative estimate of drug-likeness (QED) is 0.801. The molecule has 0 aliphatic rings. The first kappa shape index (κ1) is 15.6. The number of aromatic hydroxyl groups is 1. The number of nitrogens with one attached hydrogen (secondary N) is 1. The van der Waals surface area contributed by atoms with E-state index in [1.54, 1.807) is 12.1 Å². The van der Waals surface area contributed by atoms with Crippen LogP contribution in [0.1, 0.15) is 55.8 Å². The molecular formula is C19H25NO. The fraction of sp³-hybridized carbons (Fsp3) is 0.368. The summed E-state index contributed by atoms with van der Waals surface area (Å²) in [5.74, 6) is 0.894. The average molecular weight is 283 g/mol. The van der Waals surface area contributed by atoms with Gasteiger partial charge in [-0.1, -0.05) is 57.2 Å². The second-order valence-corrected chi connectivity index (χ2v) is 5.83. The summed E-state index contributed by atoms with van der Waals surface area (Å²) in [5.41, 5.74) is 3.90. The molecule has 0 fully saturated rings. The first-order chi connectivity index (χ1) is 10.1. The van der Waals surface area contributed by atoms with Gasteiger partial charge in [0.05, 0.1) is 0 Å². The van der Waals surface area contributed by atoms with Gasteiger partial charge in [0.25, 0.3) is 0 Å². The summed E-state index contributed by atoms with van der Waals surface area (Å²) in [7, 11) is 0. The largest absolute Gasteiger partial charge is 0.508 e. The minimum atomic E-state index is 0.315. The molecule has 2 N–H and O–H groups in total. The van der Waals surface area contributed by atoms with Crippen molar-refractivity contribution in [3.05, 3.63) is 65.2 Å². The lowest BCUT2D eigenvalue weighted by Crippen LogP contribution is -2.20. The van der Waals surface area contributed by atoms with E-state index in [2.05, 4.69) is 50.4 Å². The number of benzene rings is 2. The van der Waals surface area contributed by atoms with E-state index in [1.165, 1.54) is 16.7 Å². The average Bonchev–Trinajstić information content (AvgIpc) is 2.50. The third-order valence-electron chi connectivity index (χ3n) is 3.90. The molecule has 1 atom stereocenters. The van der Waals surface area contributed by atoms with Crippen molar-refractivity contribution in [3.63, 3.8) is 0 Å². The van der Waals surface area contributed by atoms with Crippen LogP contribution in [0.15, 0.2) is 48.5 Å². The zero-order valence-corrected chi connectivity index (χ0v) is 13.1. The molecule has 2 rings (SSSR count). The summed E-state index contributed by atoms with van der Waals surface area (Å²) in [5, 5.41) is 13.0. The normalized spacial score (nSPS) is 12.6. The predicted molar refractivity (Wildman–Crippen MR) is 88.5 cm³/mol. The van der Waals surface area contributed by atoms with Crippen molar-refractivity contribution in [2.75, 3.05) is 0 Å². The SMILES string of the molecule is CCC(NCc1ccc(C(C)C)cc1)c1ccc(O)cc1. The Balaban J connectivity index is 1.98. The number of rotatable bonds is 6. The maximum atomic E-state index is 9.37. The Bertz CT molecular complexity index is 543. The zero-order chi connectivity index (χ0) is 15.2. The van der Waals surface area contributed by atoms with Gasteiger partial charge in [-0.15, -0.1) is 0 Å². The van der Waals surface area contributed by atoms with Crippen molar-refractivity contribution in [2.45, 2.75) is 45.7 Å². The first-order valence-corrected chi connectivity index (χ1v) is 7.71. The smallest absolute Gasteiger partial charge is 0.115 e.